The molecule has 0 aliphatic heterocycles. The van der Waals surface area contributed by atoms with Gasteiger partial charge in [-0.3, -0.25) is 9.59 Å². The molecule has 92 valence electrons. The first-order valence-electron chi connectivity index (χ1n) is 5.00. The maximum Gasteiger partial charge on any atom is 0.323 e. The number of ether oxygens (including phenoxy) is 1. The van der Waals surface area contributed by atoms with Gasteiger partial charge in [-0.25, -0.2) is 0 Å². The van der Waals surface area contributed by atoms with Crippen molar-refractivity contribution in [1.82, 2.24) is 4.90 Å². The van der Waals surface area contributed by atoms with Crippen LogP contribution in [0.15, 0.2) is 12.7 Å². The molecule has 0 bridgehead atoms. The van der Waals surface area contributed by atoms with Crippen molar-refractivity contribution in [1.29, 1.82) is 0 Å². The molecule has 5 heteroatoms. The van der Waals surface area contributed by atoms with Crippen LogP contribution in [0.4, 0.5) is 0 Å². The highest BCUT2D eigenvalue weighted by molar-refractivity contribution is 5.82. The van der Waals surface area contributed by atoms with Crippen molar-refractivity contribution in [3.05, 3.63) is 12.7 Å². The summed E-state index contributed by atoms with van der Waals surface area (Å²) >= 11 is 0. The standard InChI is InChI=1S/C11H19NO4/c1-5-6-12(7-10(14)15)9(13)8-16-11(2,3)4/h5H,1,6-8H2,2-4H3,(H,14,15). The van der Waals surface area contributed by atoms with Gasteiger partial charge in [-0.05, 0) is 20.8 Å². The molecular formula is C11H19NO4. The average Bonchev–Trinajstić information content (AvgIpc) is 2.11. The molecule has 0 radical (unpaired) electrons. The Kier molecular flexibility index (Phi) is 5.74. The largest absolute Gasteiger partial charge is 0.480 e. The molecule has 0 aromatic rings. The van der Waals surface area contributed by atoms with E-state index in [1.807, 2.05) is 20.8 Å². The molecule has 5 nitrogen and oxygen atoms in total. The van der Waals surface area contributed by atoms with Crippen LogP contribution in [0.3, 0.4) is 0 Å². The highest BCUT2D eigenvalue weighted by Gasteiger charge is 2.18. The Morgan fingerprint density at radius 2 is 2.00 bits per heavy atom. The number of hydrogen-bond acceptors (Lipinski definition) is 3. The lowest BCUT2D eigenvalue weighted by atomic mass is 10.2. The fourth-order valence-electron chi connectivity index (χ4n) is 0.943. The molecule has 0 atom stereocenters. The third kappa shape index (κ3) is 7.00. The van der Waals surface area contributed by atoms with Gasteiger partial charge in [-0.1, -0.05) is 6.08 Å². The predicted octanol–water partition coefficient (Wildman–Crippen LogP) is 0.901. The lowest BCUT2D eigenvalue weighted by Gasteiger charge is -2.23. The number of carbonyl (C=O) groups excluding carboxylic acids is 1. The van der Waals surface area contributed by atoms with Crippen molar-refractivity contribution in [2.45, 2.75) is 26.4 Å². The topological polar surface area (TPSA) is 66.8 Å². The van der Waals surface area contributed by atoms with Gasteiger partial charge < -0.3 is 14.7 Å². The molecule has 1 amide bonds. The van der Waals surface area contributed by atoms with Crippen molar-refractivity contribution in [3.8, 4) is 0 Å². The summed E-state index contributed by atoms with van der Waals surface area (Å²) in [5.41, 5.74) is -0.418. The molecule has 0 aromatic heterocycles. The van der Waals surface area contributed by atoms with E-state index in [0.717, 1.165) is 0 Å². The van der Waals surface area contributed by atoms with Gasteiger partial charge in [0.2, 0.25) is 5.91 Å². The monoisotopic (exact) mass is 229 g/mol. The van der Waals surface area contributed by atoms with Gasteiger partial charge in [0.25, 0.3) is 0 Å². The van der Waals surface area contributed by atoms with Crippen LogP contribution in [0.2, 0.25) is 0 Å². The molecule has 1 N–H and O–H groups in total. The predicted molar refractivity (Wildman–Crippen MR) is 60.1 cm³/mol. The van der Waals surface area contributed by atoms with E-state index in [1.165, 1.54) is 11.0 Å². The number of aliphatic carboxylic acids is 1. The lowest BCUT2D eigenvalue weighted by Crippen LogP contribution is -2.39. The highest BCUT2D eigenvalue weighted by Crippen LogP contribution is 2.06. The van der Waals surface area contributed by atoms with Crippen molar-refractivity contribution in [2.75, 3.05) is 19.7 Å². The number of amides is 1. The van der Waals surface area contributed by atoms with E-state index in [-0.39, 0.29) is 25.6 Å². The number of carbonyl (C=O) groups is 2. The molecule has 16 heavy (non-hydrogen) atoms. The lowest BCUT2D eigenvalue weighted by molar-refractivity contribution is -0.148. The number of carboxylic acid groups (broad SMARTS) is 1. The molecule has 0 aromatic carbocycles. The Labute approximate surface area is 95.7 Å². The zero-order valence-electron chi connectivity index (χ0n) is 10.0. The van der Waals surface area contributed by atoms with Crippen LogP contribution in [0, 0.1) is 0 Å². The summed E-state index contributed by atoms with van der Waals surface area (Å²) in [7, 11) is 0. The summed E-state index contributed by atoms with van der Waals surface area (Å²) in [6.07, 6.45) is 1.48. The van der Waals surface area contributed by atoms with Crippen LogP contribution in [-0.4, -0.2) is 47.2 Å². The molecule has 0 aliphatic carbocycles. The second kappa shape index (κ2) is 6.27. The van der Waals surface area contributed by atoms with Gasteiger partial charge >= 0.3 is 5.97 Å². The second-order valence-electron chi connectivity index (χ2n) is 4.36. The van der Waals surface area contributed by atoms with E-state index >= 15 is 0 Å². The molecular weight excluding hydrogens is 210 g/mol. The zero-order valence-corrected chi connectivity index (χ0v) is 10.0. The van der Waals surface area contributed by atoms with Crippen LogP contribution < -0.4 is 0 Å². The molecule has 0 unspecified atom stereocenters. The van der Waals surface area contributed by atoms with Crippen molar-refractivity contribution >= 4 is 11.9 Å². The first kappa shape index (κ1) is 14.6. The Morgan fingerprint density at radius 1 is 1.44 bits per heavy atom. The summed E-state index contributed by atoms with van der Waals surface area (Å²) in [4.78, 5) is 23.3. The van der Waals surface area contributed by atoms with Crippen LogP contribution in [-0.2, 0) is 14.3 Å². The van der Waals surface area contributed by atoms with Gasteiger partial charge in [-0.2, -0.15) is 0 Å². The third-order valence-electron chi connectivity index (χ3n) is 1.66. The molecule has 0 heterocycles. The fourth-order valence-corrected chi connectivity index (χ4v) is 0.943. The Morgan fingerprint density at radius 3 is 2.38 bits per heavy atom. The molecule has 0 rings (SSSR count). The first-order valence-corrected chi connectivity index (χ1v) is 5.00. The summed E-state index contributed by atoms with van der Waals surface area (Å²) in [6.45, 7) is 8.71. The van der Waals surface area contributed by atoms with Crippen molar-refractivity contribution < 1.29 is 19.4 Å². The molecule has 0 saturated heterocycles. The molecule has 0 spiro atoms. The van der Waals surface area contributed by atoms with Gasteiger partial charge in [0.05, 0.1) is 5.60 Å². The number of nitrogens with zero attached hydrogens (tertiary/aromatic N) is 1. The van der Waals surface area contributed by atoms with Crippen molar-refractivity contribution in [2.24, 2.45) is 0 Å². The highest BCUT2D eigenvalue weighted by atomic mass is 16.5. The number of rotatable bonds is 6. The Balaban J connectivity index is 4.27. The molecule has 0 aliphatic rings. The van der Waals surface area contributed by atoms with Crippen molar-refractivity contribution in [3.63, 3.8) is 0 Å². The van der Waals surface area contributed by atoms with Gasteiger partial charge in [0.1, 0.15) is 13.2 Å². The summed E-state index contributed by atoms with van der Waals surface area (Å²) in [6, 6.07) is 0. The van der Waals surface area contributed by atoms with Gasteiger partial charge in [0.15, 0.2) is 0 Å². The average molecular weight is 229 g/mol. The summed E-state index contributed by atoms with van der Waals surface area (Å²) < 4.78 is 5.28. The van der Waals surface area contributed by atoms with Crippen LogP contribution in [0.25, 0.3) is 0 Å². The maximum atomic E-state index is 11.6. The Hall–Kier alpha value is -1.36. The Bertz CT molecular complexity index is 268. The minimum absolute atomic E-state index is 0.120. The van der Waals surface area contributed by atoms with E-state index in [1.54, 1.807) is 0 Å². The number of carboxylic acids is 1. The van der Waals surface area contributed by atoms with Gasteiger partial charge in [-0.15, -0.1) is 6.58 Å². The summed E-state index contributed by atoms with van der Waals surface area (Å²) in [5, 5.41) is 8.62. The SMILES string of the molecule is C=CCN(CC(=O)O)C(=O)COC(C)(C)C. The van der Waals surface area contributed by atoms with Gasteiger partial charge in [0, 0.05) is 6.54 Å². The quantitative estimate of drug-likeness (QED) is 0.687. The van der Waals surface area contributed by atoms with E-state index in [9.17, 15) is 9.59 Å². The smallest absolute Gasteiger partial charge is 0.323 e. The zero-order chi connectivity index (χ0) is 12.8. The summed E-state index contributed by atoms with van der Waals surface area (Å²) in [5.74, 6) is -1.40. The van der Waals surface area contributed by atoms with E-state index < -0.39 is 11.6 Å². The first-order chi connectivity index (χ1) is 7.26. The molecule has 0 fully saturated rings. The normalized spacial score (nSPS) is 10.9. The van der Waals surface area contributed by atoms with Crippen LogP contribution in [0.1, 0.15) is 20.8 Å². The molecule has 0 saturated carbocycles. The van der Waals surface area contributed by atoms with Crippen LogP contribution in [0.5, 0.6) is 0 Å². The van der Waals surface area contributed by atoms with Crippen LogP contribution >= 0.6 is 0 Å². The second-order valence-corrected chi connectivity index (χ2v) is 4.36. The number of hydrogen-bond donors (Lipinski definition) is 1. The third-order valence-corrected chi connectivity index (χ3v) is 1.66. The van der Waals surface area contributed by atoms with E-state index in [2.05, 4.69) is 6.58 Å². The fraction of sp³-hybridized carbons (Fsp3) is 0.636. The van der Waals surface area contributed by atoms with E-state index in [0.29, 0.717) is 0 Å². The maximum absolute atomic E-state index is 11.6. The minimum Gasteiger partial charge on any atom is -0.480 e. The minimum atomic E-state index is -1.05. The van der Waals surface area contributed by atoms with E-state index in [4.69, 9.17) is 9.84 Å².